The van der Waals surface area contributed by atoms with E-state index < -0.39 is 5.79 Å². The van der Waals surface area contributed by atoms with E-state index in [1.165, 1.54) is 0 Å². The predicted octanol–water partition coefficient (Wildman–Crippen LogP) is 4.63. The van der Waals surface area contributed by atoms with E-state index in [1.807, 2.05) is 37.3 Å². The molecule has 0 spiro atoms. The van der Waals surface area contributed by atoms with Gasteiger partial charge in [0.2, 0.25) is 5.79 Å². The maximum absolute atomic E-state index is 6.23. The molecule has 0 radical (unpaired) electrons. The molecule has 0 heterocycles. The van der Waals surface area contributed by atoms with Crippen molar-refractivity contribution >= 4 is 29.6 Å². The second-order valence-electron chi connectivity index (χ2n) is 7.42. The first kappa shape index (κ1) is 21.0. The van der Waals surface area contributed by atoms with Crippen LogP contribution in [-0.2, 0) is 4.74 Å². The summed E-state index contributed by atoms with van der Waals surface area (Å²) < 4.78 is 12.3. The quantitative estimate of drug-likeness (QED) is 0.563. The van der Waals surface area contributed by atoms with Gasteiger partial charge in [0.15, 0.2) is 0 Å². The van der Waals surface area contributed by atoms with Crippen molar-refractivity contribution in [2.75, 3.05) is 6.61 Å². The molecule has 0 amide bonds. The molecule has 0 aliphatic rings. The molecule has 0 aliphatic heterocycles. The van der Waals surface area contributed by atoms with Crippen molar-refractivity contribution in [3.8, 4) is 5.75 Å². The van der Waals surface area contributed by atoms with Crippen LogP contribution in [0.15, 0.2) is 30.3 Å². The van der Waals surface area contributed by atoms with E-state index in [2.05, 4.69) is 41.5 Å². The van der Waals surface area contributed by atoms with Gasteiger partial charge in [0.05, 0.1) is 0 Å². The van der Waals surface area contributed by atoms with Crippen molar-refractivity contribution < 1.29 is 9.47 Å². The van der Waals surface area contributed by atoms with Crippen LogP contribution in [0, 0.1) is 10.8 Å². The zero-order valence-corrected chi connectivity index (χ0v) is 14.1. The summed E-state index contributed by atoms with van der Waals surface area (Å²) in [6.07, 6.45) is 1.02. The van der Waals surface area contributed by atoms with Crippen LogP contribution >= 0.6 is 0 Å². The van der Waals surface area contributed by atoms with Crippen molar-refractivity contribution in [2.24, 2.45) is 10.8 Å². The molecular formula is C18H31NaO2. The van der Waals surface area contributed by atoms with Gasteiger partial charge in [-0.15, -0.1) is 0 Å². The first-order valence-electron chi connectivity index (χ1n) is 7.48. The Morgan fingerprint density at radius 1 is 0.905 bits per heavy atom. The number of rotatable bonds is 6. The van der Waals surface area contributed by atoms with Crippen molar-refractivity contribution in [2.45, 2.75) is 60.7 Å². The molecule has 3 heteroatoms. The molecule has 21 heavy (non-hydrogen) atoms. The van der Waals surface area contributed by atoms with Crippen LogP contribution in [0.1, 0.15) is 54.9 Å². The molecule has 1 aromatic carbocycles. The number of ether oxygens (including phenoxy) is 2. The van der Waals surface area contributed by atoms with Gasteiger partial charge in [0.25, 0.3) is 0 Å². The molecule has 0 saturated carbocycles. The Hall–Kier alpha value is -0.0200. The Kier molecular flexibility index (Phi) is 8.00. The topological polar surface area (TPSA) is 18.5 Å². The van der Waals surface area contributed by atoms with E-state index in [-0.39, 0.29) is 40.4 Å². The van der Waals surface area contributed by atoms with Crippen LogP contribution in [0.25, 0.3) is 0 Å². The van der Waals surface area contributed by atoms with Crippen molar-refractivity contribution in [1.29, 1.82) is 0 Å². The first-order chi connectivity index (χ1) is 9.10. The molecule has 1 aromatic rings. The molecule has 0 N–H and O–H groups in total. The Labute approximate surface area is 152 Å². The monoisotopic (exact) mass is 302 g/mol. The van der Waals surface area contributed by atoms with Gasteiger partial charge in [0, 0.05) is 18.9 Å². The molecule has 0 aromatic heterocycles. The van der Waals surface area contributed by atoms with Gasteiger partial charge in [-0.05, 0) is 30.9 Å². The third kappa shape index (κ3) is 6.32. The molecule has 116 valence electrons. The fraction of sp³-hybridized carbons (Fsp3) is 0.667. The van der Waals surface area contributed by atoms with Gasteiger partial charge < -0.3 is 9.47 Å². The summed E-state index contributed by atoms with van der Waals surface area (Å²) in [5, 5.41) is 0. The molecule has 0 saturated heterocycles. The van der Waals surface area contributed by atoms with Gasteiger partial charge in [-0.3, -0.25) is 0 Å². The third-order valence-corrected chi connectivity index (χ3v) is 3.68. The maximum atomic E-state index is 6.23. The van der Waals surface area contributed by atoms with Crippen molar-refractivity contribution in [3.05, 3.63) is 30.3 Å². The molecule has 1 rings (SSSR count). The van der Waals surface area contributed by atoms with E-state index in [9.17, 15) is 0 Å². The fourth-order valence-corrected chi connectivity index (χ4v) is 2.84. The first-order valence-corrected chi connectivity index (χ1v) is 7.48. The number of benzene rings is 1. The molecule has 0 aliphatic carbocycles. The summed E-state index contributed by atoms with van der Waals surface area (Å²) >= 11 is 0. The fourth-order valence-electron chi connectivity index (χ4n) is 2.84. The van der Waals surface area contributed by atoms with Crippen LogP contribution < -0.4 is 4.74 Å². The van der Waals surface area contributed by atoms with Crippen LogP contribution in [0.3, 0.4) is 0 Å². The Bertz CT molecular complexity index is 409. The van der Waals surface area contributed by atoms with Crippen LogP contribution in [0.2, 0.25) is 0 Å². The van der Waals surface area contributed by atoms with E-state index in [0.29, 0.717) is 6.61 Å². The van der Waals surface area contributed by atoms with Gasteiger partial charge in [0.1, 0.15) is 5.75 Å². The summed E-state index contributed by atoms with van der Waals surface area (Å²) in [6.45, 7) is 15.9. The van der Waals surface area contributed by atoms with Crippen LogP contribution in [0.4, 0.5) is 0 Å². The molecule has 1 atom stereocenters. The van der Waals surface area contributed by atoms with E-state index >= 15 is 0 Å². The van der Waals surface area contributed by atoms with E-state index in [4.69, 9.17) is 9.47 Å². The SMILES string of the molecule is CCOC(C)(Oc1ccccc1)C(C)(C)CC(C)(C)C.[NaH]. The summed E-state index contributed by atoms with van der Waals surface area (Å²) in [5.74, 6) is 0.210. The second kappa shape index (κ2) is 8.01. The zero-order valence-electron chi connectivity index (χ0n) is 14.1. The Balaban J connectivity index is 0.00000400. The minimum atomic E-state index is -0.642. The van der Waals surface area contributed by atoms with E-state index in [1.54, 1.807) is 0 Å². The zero-order chi connectivity index (χ0) is 15.4. The number of hydrogen-bond acceptors (Lipinski definition) is 2. The standard InChI is InChI=1S/C18H30O2.Na.H/c1-8-19-18(7,17(5,6)14-16(2,3)4)20-15-12-10-9-11-13-15;;/h9-13H,8,14H2,1-7H3;;. The summed E-state index contributed by atoms with van der Waals surface area (Å²) in [7, 11) is 0. The van der Waals surface area contributed by atoms with Crippen LogP contribution in [0.5, 0.6) is 5.75 Å². The molecule has 1 unspecified atom stereocenters. The number of para-hydroxylation sites is 1. The summed E-state index contributed by atoms with van der Waals surface area (Å²) in [4.78, 5) is 0. The summed E-state index contributed by atoms with van der Waals surface area (Å²) in [5.41, 5.74) is 0.124. The normalized spacial score (nSPS) is 15.0. The molecular weight excluding hydrogens is 271 g/mol. The van der Waals surface area contributed by atoms with Gasteiger partial charge in [-0.2, -0.15) is 0 Å². The molecule has 0 fully saturated rings. The summed E-state index contributed by atoms with van der Waals surface area (Å²) in [6, 6.07) is 9.91. The van der Waals surface area contributed by atoms with Crippen LogP contribution in [-0.4, -0.2) is 42.0 Å². The average Bonchev–Trinajstić information content (AvgIpc) is 2.27. The number of hydrogen-bond donors (Lipinski definition) is 0. The van der Waals surface area contributed by atoms with E-state index in [0.717, 1.165) is 12.2 Å². The molecule has 0 bridgehead atoms. The van der Waals surface area contributed by atoms with Gasteiger partial charge in [-0.1, -0.05) is 52.8 Å². The third-order valence-electron chi connectivity index (χ3n) is 3.68. The van der Waals surface area contributed by atoms with Crippen molar-refractivity contribution in [1.82, 2.24) is 0 Å². The van der Waals surface area contributed by atoms with Gasteiger partial charge in [-0.25, -0.2) is 0 Å². The second-order valence-corrected chi connectivity index (χ2v) is 7.42. The minimum absolute atomic E-state index is 0. The molecule has 2 nitrogen and oxygen atoms in total. The Morgan fingerprint density at radius 2 is 1.43 bits per heavy atom. The average molecular weight is 302 g/mol. The van der Waals surface area contributed by atoms with Gasteiger partial charge >= 0.3 is 29.6 Å². The Morgan fingerprint density at radius 3 is 1.86 bits per heavy atom. The van der Waals surface area contributed by atoms with Crippen molar-refractivity contribution in [3.63, 3.8) is 0 Å². The predicted molar refractivity (Wildman–Crippen MR) is 92.1 cm³/mol.